The van der Waals surface area contributed by atoms with Crippen molar-refractivity contribution >= 4 is 5.97 Å². The number of hydrogen-bond donors (Lipinski definition) is 0. The number of aryl methyl sites for hydroxylation is 2. The van der Waals surface area contributed by atoms with E-state index in [1.165, 1.54) is 0 Å². The number of esters is 1. The molecule has 7 heteroatoms. The number of hydrogen-bond acceptors (Lipinski definition) is 7. The van der Waals surface area contributed by atoms with Crippen molar-refractivity contribution in [2.75, 3.05) is 14.2 Å². The average Bonchev–Trinajstić information content (AvgIpc) is 2.99. The van der Waals surface area contributed by atoms with Gasteiger partial charge in [-0.3, -0.25) is 4.79 Å². The molecule has 1 aromatic heterocycles. The van der Waals surface area contributed by atoms with Crippen LogP contribution in [0.4, 0.5) is 0 Å². The molecule has 2 aromatic rings. The van der Waals surface area contributed by atoms with E-state index in [1.54, 1.807) is 28.1 Å². The number of carbonyl (C=O) groups is 1. The number of rotatable bonds is 7. The second-order valence-corrected chi connectivity index (χ2v) is 5.00. The van der Waals surface area contributed by atoms with Crippen LogP contribution in [0.25, 0.3) is 0 Å². The van der Waals surface area contributed by atoms with Gasteiger partial charge in [0, 0.05) is 6.42 Å². The molecule has 0 N–H and O–H groups in total. The maximum absolute atomic E-state index is 11.9. The lowest BCUT2D eigenvalue weighted by Crippen LogP contribution is -2.10. The Hall–Kier alpha value is -2.57. The van der Waals surface area contributed by atoms with Crippen LogP contribution in [0, 0.1) is 6.92 Å². The fourth-order valence-corrected chi connectivity index (χ4v) is 2.07. The summed E-state index contributed by atoms with van der Waals surface area (Å²) in [7, 11) is 3.15. The molecule has 0 amide bonds. The molecule has 0 aliphatic rings. The van der Waals surface area contributed by atoms with Crippen LogP contribution in [-0.2, 0) is 16.0 Å². The molecule has 23 heavy (non-hydrogen) atoms. The summed E-state index contributed by atoms with van der Waals surface area (Å²) in [5.74, 6) is 1.76. The number of nitrogens with zero attached hydrogens (tertiary/aromatic N) is 2. The minimum atomic E-state index is -0.561. The fourth-order valence-electron chi connectivity index (χ4n) is 2.07. The van der Waals surface area contributed by atoms with Crippen LogP contribution in [0.15, 0.2) is 22.7 Å². The van der Waals surface area contributed by atoms with E-state index >= 15 is 0 Å². The lowest BCUT2D eigenvalue weighted by molar-refractivity contribution is -0.149. The molecule has 0 spiro atoms. The minimum absolute atomic E-state index is 0.243. The van der Waals surface area contributed by atoms with Crippen molar-refractivity contribution in [2.24, 2.45) is 0 Å². The van der Waals surface area contributed by atoms with Crippen molar-refractivity contribution in [2.45, 2.75) is 32.8 Å². The third kappa shape index (κ3) is 4.45. The molecule has 0 radical (unpaired) electrons. The van der Waals surface area contributed by atoms with Gasteiger partial charge in [0.2, 0.25) is 0 Å². The lowest BCUT2D eigenvalue weighted by atomic mass is 10.1. The van der Waals surface area contributed by atoms with Crippen LogP contribution in [0.1, 0.15) is 36.7 Å². The van der Waals surface area contributed by atoms with Gasteiger partial charge in [-0.1, -0.05) is 11.2 Å². The molecule has 1 atom stereocenters. The van der Waals surface area contributed by atoms with E-state index in [-0.39, 0.29) is 12.4 Å². The van der Waals surface area contributed by atoms with Gasteiger partial charge in [-0.05, 0) is 38.0 Å². The normalized spacial score (nSPS) is 11.8. The molecular weight excluding hydrogens is 300 g/mol. The molecule has 2 rings (SSSR count). The summed E-state index contributed by atoms with van der Waals surface area (Å²) < 4.78 is 20.7. The summed E-state index contributed by atoms with van der Waals surface area (Å²) in [5, 5.41) is 3.67. The predicted molar refractivity (Wildman–Crippen MR) is 81.4 cm³/mol. The van der Waals surface area contributed by atoms with Crippen molar-refractivity contribution in [3.63, 3.8) is 0 Å². The summed E-state index contributed by atoms with van der Waals surface area (Å²) in [6, 6.07) is 5.54. The fraction of sp³-hybridized carbons (Fsp3) is 0.438. The molecule has 0 fully saturated rings. The number of benzene rings is 1. The van der Waals surface area contributed by atoms with Gasteiger partial charge in [-0.2, -0.15) is 4.98 Å². The Morgan fingerprint density at radius 3 is 2.61 bits per heavy atom. The number of methoxy groups -OCH3 is 2. The van der Waals surface area contributed by atoms with E-state index < -0.39 is 6.10 Å². The highest BCUT2D eigenvalue weighted by molar-refractivity contribution is 5.70. The smallest absolute Gasteiger partial charge is 0.306 e. The van der Waals surface area contributed by atoms with Crippen molar-refractivity contribution in [3.05, 3.63) is 35.5 Å². The SMILES string of the molecule is COc1ccc(CCC(=O)OC(C)c2nc(C)no2)cc1OC. The maximum atomic E-state index is 11.9. The van der Waals surface area contributed by atoms with Gasteiger partial charge >= 0.3 is 5.97 Å². The van der Waals surface area contributed by atoms with E-state index in [0.717, 1.165) is 5.56 Å². The van der Waals surface area contributed by atoms with E-state index in [1.807, 2.05) is 18.2 Å². The van der Waals surface area contributed by atoms with E-state index in [0.29, 0.717) is 29.6 Å². The van der Waals surface area contributed by atoms with Gasteiger partial charge in [-0.25, -0.2) is 0 Å². The summed E-state index contributed by atoms with van der Waals surface area (Å²) in [5.41, 5.74) is 0.959. The first kappa shape index (κ1) is 16.8. The van der Waals surface area contributed by atoms with Gasteiger partial charge < -0.3 is 18.7 Å². The Labute approximate surface area is 134 Å². The van der Waals surface area contributed by atoms with Gasteiger partial charge in [0.15, 0.2) is 23.4 Å². The van der Waals surface area contributed by atoms with Crippen molar-refractivity contribution < 1.29 is 23.5 Å². The first-order chi connectivity index (χ1) is 11.0. The first-order valence-electron chi connectivity index (χ1n) is 7.24. The zero-order valence-electron chi connectivity index (χ0n) is 13.7. The van der Waals surface area contributed by atoms with Crippen molar-refractivity contribution in [1.29, 1.82) is 0 Å². The number of carbonyl (C=O) groups excluding carboxylic acids is 1. The van der Waals surface area contributed by atoms with E-state index in [2.05, 4.69) is 10.1 Å². The quantitative estimate of drug-likeness (QED) is 0.725. The lowest BCUT2D eigenvalue weighted by Gasteiger charge is -2.11. The standard InChI is InChI=1S/C16H20N2O5/c1-10(16-17-11(2)18-23-16)22-15(19)8-6-12-5-7-13(20-3)14(9-12)21-4/h5,7,9-10H,6,8H2,1-4H3. The Morgan fingerprint density at radius 2 is 2.00 bits per heavy atom. The van der Waals surface area contributed by atoms with Crippen molar-refractivity contribution in [1.82, 2.24) is 10.1 Å². The highest BCUT2D eigenvalue weighted by atomic mass is 16.6. The third-order valence-corrected chi connectivity index (χ3v) is 3.27. The Balaban J connectivity index is 1.89. The molecule has 124 valence electrons. The largest absolute Gasteiger partial charge is 0.493 e. The third-order valence-electron chi connectivity index (χ3n) is 3.27. The van der Waals surface area contributed by atoms with Gasteiger partial charge in [0.05, 0.1) is 14.2 Å². The van der Waals surface area contributed by atoms with Crippen LogP contribution < -0.4 is 9.47 Å². The van der Waals surface area contributed by atoms with Gasteiger partial charge in [-0.15, -0.1) is 0 Å². The maximum Gasteiger partial charge on any atom is 0.306 e. The predicted octanol–water partition coefficient (Wildman–Crippen LogP) is 2.63. The summed E-state index contributed by atoms with van der Waals surface area (Å²) in [6.45, 7) is 3.40. The average molecular weight is 320 g/mol. The second kappa shape index (κ2) is 7.62. The first-order valence-corrected chi connectivity index (χ1v) is 7.24. The number of aromatic nitrogens is 2. The molecule has 7 nitrogen and oxygen atoms in total. The van der Waals surface area contributed by atoms with Gasteiger partial charge in [0.1, 0.15) is 0 Å². The number of ether oxygens (including phenoxy) is 3. The summed E-state index contributed by atoms with van der Waals surface area (Å²) in [4.78, 5) is 16.0. The van der Waals surface area contributed by atoms with Crippen molar-refractivity contribution in [3.8, 4) is 11.5 Å². The summed E-state index contributed by atoms with van der Waals surface area (Å²) >= 11 is 0. The molecule has 1 unspecified atom stereocenters. The Morgan fingerprint density at radius 1 is 1.26 bits per heavy atom. The topological polar surface area (TPSA) is 83.7 Å². The second-order valence-electron chi connectivity index (χ2n) is 5.00. The highest BCUT2D eigenvalue weighted by Crippen LogP contribution is 2.28. The van der Waals surface area contributed by atoms with E-state index in [9.17, 15) is 4.79 Å². The Bertz CT molecular complexity index is 668. The molecule has 0 aliphatic carbocycles. The zero-order chi connectivity index (χ0) is 16.8. The minimum Gasteiger partial charge on any atom is -0.493 e. The molecule has 0 saturated carbocycles. The van der Waals surface area contributed by atoms with Crippen LogP contribution in [0.3, 0.4) is 0 Å². The monoisotopic (exact) mass is 320 g/mol. The van der Waals surface area contributed by atoms with Crippen LogP contribution in [-0.4, -0.2) is 30.3 Å². The molecule has 1 aromatic carbocycles. The van der Waals surface area contributed by atoms with E-state index in [4.69, 9.17) is 18.7 Å². The summed E-state index contributed by atoms with van der Waals surface area (Å²) in [6.07, 6.45) is 0.218. The Kier molecular flexibility index (Phi) is 5.56. The molecule has 1 heterocycles. The highest BCUT2D eigenvalue weighted by Gasteiger charge is 2.17. The molecule has 0 saturated heterocycles. The van der Waals surface area contributed by atoms with Gasteiger partial charge in [0.25, 0.3) is 5.89 Å². The molecule has 0 bridgehead atoms. The molecular formula is C16H20N2O5. The van der Waals surface area contributed by atoms with Crippen LogP contribution in [0.2, 0.25) is 0 Å². The zero-order valence-corrected chi connectivity index (χ0v) is 13.7. The van der Waals surface area contributed by atoms with Crippen LogP contribution in [0.5, 0.6) is 11.5 Å². The molecule has 0 aliphatic heterocycles. The van der Waals surface area contributed by atoms with Crippen LogP contribution >= 0.6 is 0 Å².